The van der Waals surface area contributed by atoms with Crippen LogP contribution in [0.5, 0.6) is 5.75 Å². The van der Waals surface area contributed by atoms with E-state index >= 15 is 0 Å². The molecule has 0 spiro atoms. The highest BCUT2D eigenvalue weighted by Gasteiger charge is 2.55. The average molecular weight is 364 g/mol. The fraction of sp³-hybridized carbons (Fsp3) is 0.364. The summed E-state index contributed by atoms with van der Waals surface area (Å²) in [7, 11) is 0. The molecule has 0 radical (unpaired) electrons. The predicted octanol–water partition coefficient (Wildman–Crippen LogP) is 2.85. The summed E-state index contributed by atoms with van der Waals surface area (Å²) >= 11 is 0. The number of primary amides is 1. The van der Waals surface area contributed by atoms with Crippen molar-refractivity contribution >= 4 is 11.8 Å². The van der Waals surface area contributed by atoms with Gasteiger partial charge in [0.1, 0.15) is 11.7 Å². The van der Waals surface area contributed by atoms with E-state index in [1.54, 1.807) is 4.90 Å². The second kappa shape index (κ2) is 6.72. The molecule has 2 heterocycles. The summed E-state index contributed by atoms with van der Waals surface area (Å²) in [5.41, 5.74) is 7.02. The van der Waals surface area contributed by atoms with Gasteiger partial charge in [-0.25, -0.2) is 0 Å². The number of piperidine rings is 1. The SMILES string of the molecule is CC12CC(c3ccccc3O1)C(C(N)=O)C(=O)N2CCCc1ccccc1. The average Bonchev–Trinajstić information content (AvgIpc) is 2.65. The van der Waals surface area contributed by atoms with Crippen molar-refractivity contribution in [3.05, 3.63) is 65.7 Å². The van der Waals surface area contributed by atoms with Crippen LogP contribution in [-0.4, -0.2) is 29.0 Å². The normalized spacial score (nSPS) is 26.3. The van der Waals surface area contributed by atoms with Gasteiger partial charge >= 0.3 is 0 Å². The van der Waals surface area contributed by atoms with Crippen molar-refractivity contribution in [1.82, 2.24) is 4.90 Å². The summed E-state index contributed by atoms with van der Waals surface area (Å²) in [4.78, 5) is 27.1. The second-order valence-electron chi connectivity index (χ2n) is 7.58. The molecule has 2 aliphatic heterocycles. The Labute approximate surface area is 159 Å². The molecule has 4 rings (SSSR count). The molecule has 140 valence electrons. The van der Waals surface area contributed by atoms with E-state index < -0.39 is 17.6 Å². The lowest BCUT2D eigenvalue weighted by molar-refractivity contribution is -0.175. The number of carbonyl (C=O) groups excluding carboxylic acids is 2. The van der Waals surface area contributed by atoms with Gasteiger partial charge in [-0.05, 0) is 37.0 Å². The number of fused-ring (bicyclic) bond motifs is 4. The van der Waals surface area contributed by atoms with E-state index in [4.69, 9.17) is 10.5 Å². The number of hydrogen-bond acceptors (Lipinski definition) is 3. The molecule has 0 aliphatic carbocycles. The van der Waals surface area contributed by atoms with Crippen molar-refractivity contribution < 1.29 is 14.3 Å². The largest absolute Gasteiger partial charge is 0.468 e. The lowest BCUT2D eigenvalue weighted by Gasteiger charge is -2.52. The van der Waals surface area contributed by atoms with Crippen LogP contribution in [-0.2, 0) is 16.0 Å². The van der Waals surface area contributed by atoms with E-state index in [-0.39, 0.29) is 11.8 Å². The van der Waals surface area contributed by atoms with E-state index in [2.05, 4.69) is 12.1 Å². The summed E-state index contributed by atoms with van der Waals surface area (Å²) in [5, 5.41) is 0. The van der Waals surface area contributed by atoms with Crippen LogP contribution >= 0.6 is 0 Å². The number of carbonyl (C=O) groups is 2. The van der Waals surface area contributed by atoms with Crippen LogP contribution in [0.4, 0.5) is 0 Å². The van der Waals surface area contributed by atoms with Crippen LogP contribution in [0.25, 0.3) is 0 Å². The first-order valence-corrected chi connectivity index (χ1v) is 9.42. The molecule has 5 heteroatoms. The summed E-state index contributed by atoms with van der Waals surface area (Å²) in [5.74, 6) is -1.10. The second-order valence-corrected chi connectivity index (χ2v) is 7.58. The van der Waals surface area contributed by atoms with Gasteiger partial charge in [0.15, 0.2) is 5.72 Å². The van der Waals surface area contributed by atoms with Gasteiger partial charge in [-0.1, -0.05) is 48.5 Å². The van der Waals surface area contributed by atoms with Crippen molar-refractivity contribution in [3.8, 4) is 5.75 Å². The van der Waals surface area contributed by atoms with Gasteiger partial charge < -0.3 is 15.4 Å². The Hall–Kier alpha value is -2.82. The van der Waals surface area contributed by atoms with Crippen LogP contribution < -0.4 is 10.5 Å². The van der Waals surface area contributed by atoms with Crippen LogP contribution in [0.15, 0.2) is 54.6 Å². The van der Waals surface area contributed by atoms with Crippen molar-refractivity contribution in [1.29, 1.82) is 0 Å². The number of likely N-dealkylation sites (tertiary alicyclic amines) is 1. The number of rotatable bonds is 5. The summed E-state index contributed by atoms with van der Waals surface area (Å²) in [6, 6.07) is 17.8. The third kappa shape index (κ3) is 3.07. The lowest BCUT2D eigenvalue weighted by atomic mass is 9.73. The minimum Gasteiger partial charge on any atom is -0.468 e. The molecule has 2 aromatic carbocycles. The molecule has 3 atom stereocenters. The number of hydrogen-bond donors (Lipinski definition) is 1. The van der Waals surface area contributed by atoms with Gasteiger partial charge in [-0.15, -0.1) is 0 Å². The quantitative estimate of drug-likeness (QED) is 0.829. The van der Waals surface area contributed by atoms with E-state index in [9.17, 15) is 9.59 Å². The molecule has 2 aliphatic rings. The highest BCUT2D eigenvalue weighted by molar-refractivity contribution is 6.01. The Morgan fingerprint density at radius 2 is 1.89 bits per heavy atom. The molecule has 0 saturated carbocycles. The molecule has 1 saturated heterocycles. The lowest BCUT2D eigenvalue weighted by Crippen LogP contribution is -2.64. The topological polar surface area (TPSA) is 72.6 Å². The summed E-state index contributed by atoms with van der Waals surface area (Å²) < 4.78 is 6.26. The molecule has 1 fully saturated rings. The van der Waals surface area contributed by atoms with Gasteiger partial charge in [0.2, 0.25) is 11.8 Å². The number of para-hydroxylation sites is 1. The van der Waals surface area contributed by atoms with Crippen molar-refractivity contribution in [3.63, 3.8) is 0 Å². The standard InChI is InChI=1S/C22H24N2O3/c1-22-14-17(16-11-5-6-12-18(16)27-22)19(20(23)25)21(26)24(22)13-7-10-15-8-3-2-4-9-15/h2-6,8-9,11-12,17,19H,7,10,13-14H2,1H3,(H2,23,25). The van der Waals surface area contributed by atoms with E-state index in [1.807, 2.05) is 49.4 Å². The third-order valence-corrected chi connectivity index (χ3v) is 5.75. The third-order valence-electron chi connectivity index (χ3n) is 5.75. The zero-order valence-corrected chi connectivity index (χ0v) is 15.4. The number of ether oxygens (including phenoxy) is 1. The van der Waals surface area contributed by atoms with E-state index in [0.29, 0.717) is 13.0 Å². The molecular formula is C22H24N2O3. The maximum Gasteiger partial charge on any atom is 0.238 e. The highest BCUT2D eigenvalue weighted by atomic mass is 16.5. The molecule has 2 amide bonds. The maximum absolute atomic E-state index is 13.2. The monoisotopic (exact) mass is 364 g/mol. The van der Waals surface area contributed by atoms with Crippen LogP contribution in [0.2, 0.25) is 0 Å². The molecule has 2 bridgehead atoms. The molecule has 2 N–H and O–H groups in total. The maximum atomic E-state index is 13.2. The first-order chi connectivity index (χ1) is 13.0. The van der Waals surface area contributed by atoms with Gasteiger partial charge in [-0.3, -0.25) is 9.59 Å². The van der Waals surface area contributed by atoms with Gasteiger partial charge in [0, 0.05) is 18.9 Å². The van der Waals surface area contributed by atoms with Crippen LogP contribution in [0, 0.1) is 5.92 Å². The Balaban J connectivity index is 1.60. The van der Waals surface area contributed by atoms with Crippen LogP contribution in [0.1, 0.15) is 36.8 Å². The molecular weight excluding hydrogens is 340 g/mol. The molecule has 27 heavy (non-hydrogen) atoms. The number of benzene rings is 2. The van der Waals surface area contributed by atoms with Gasteiger partial charge in [-0.2, -0.15) is 0 Å². The minimum absolute atomic E-state index is 0.219. The number of nitrogens with zero attached hydrogens (tertiary/aromatic N) is 1. The zero-order valence-electron chi connectivity index (χ0n) is 15.4. The first kappa shape index (κ1) is 17.6. The summed E-state index contributed by atoms with van der Waals surface area (Å²) in [6.07, 6.45) is 2.24. The van der Waals surface area contributed by atoms with E-state index in [1.165, 1.54) is 5.56 Å². The first-order valence-electron chi connectivity index (χ1n) is 9.42. The Bertz CT molecular complexity index is 867. The number of aryl methyl sites for hydroxylation is 1. The van der Waals surface area contributed by atoms with E-state index in [0.717, 1.165) is 24.2 Å². The Morgan fingerprint density at radius 3 is 2.63 bits per heavy atom. The van der Waals surface area contributed by atoms with Crippen molar-refractivity contribution in [2.75, 3.05) is 6.54 Å². The Morgan fingerprint density at radius 1 is 1.19 bits per heavy atom. The zero-order chi connectivity index (χ0) is 19.0. The van der Waals surface area contributed by atoms with Gasteiger partial charge in [0.05, 0.1) is 0 Å². The Kier molecular flexibility index (Phi) is 4.38. The smallest absolute Gasteiger partial charge is 0.238 e. The predicted molar refractivity (Wildman–Crippen MR) is 102 cm³/mol. The van der Waals surface area contributed by atoms with Crippen molar-refractivity contribution in [2.24, 2.45) is 11.7 Å². The molecule has 5 nitrogen and oxygen atoms in total. The summed E-state index contributed by atoms with van der Waals surface area (Å²) in [6.45, 7) is 2.47. The van der Waals surface area contributed by atoms with Gasteiger partial charge in [0.25, 0.3) is 0 Å². The fourth-order valence-electron chi connectivity index (χ4n) is 4.46. The molecule has 2 aromatic rings. The highest BCUT2D eigenvalue weighted by Crippen LogP contribution is 2.49. The number of amides is 2. The molecule has 0 aromatic heterocycles. The number of nitrogens with two attached hydrogens (primary N) is 1. The fourth-order valence-corrected chi connectivity index (χ4v) is 4.46. The van der Waals surface area contributed by atoms with Crippen LogP contribution in [0.3, 0.4) is 0 Å². The molecule has 3 unspecified atom stereocenters. The van der Waals surface area contributed by atoms with Crippen molar-refractivity contribution in [2.45, 2.75) is 37.8 Å². The minimum atomic E-state index is -0.833.